The maximum atomic E-state index is 12.1. The molecule has 0 N–H and O–H groups in total. The van der Waals surface area contributed by atoms with E-state index >= 15 is 0 Å². The Morgan fingerprint density at radius 3 is 3.07 bits per heavy atom. The van der Waals surface area contributed by atoms with Crippen molar-refractivity contribution in [1.82, 2.24) is 4.90 Å². The molecule has 0 fully saturated rings. The summed E-state index contributed by atoms with van der Waals surface area (Å²) in [4.78, 5) is 13.7. The van der Waals surface area contributed by atoms with Gasteiger partial charge < -0.3 is 4.74 Å². The molecule has 74 valence electrons. The Labute approximate surface area is 87.3 Å². The van der Waals surface area contributed by atoms with Crippen molar-refractivity contribution in [3.63, 3.8) is 0 Å². The zero-order valence-corrected chi connectivity index (χ0v) is 8.01. The number of rotatable bonds is 0. The number of hydrogen-bond acceptors (Lipinski definition) is 2. The summed E-state index contributed by atoms with van der Waals surface area (Å²) in [6.45, 7) is 0. The van der Waals surface area contributed by atoms with E-state index in [1.807, 2.05) is 18.2 Å². The molecule has 0 aromatic heterocycles. The summed E-state index contributed by atoms with van der Waals surface area (Å²) in [5.41, 5.74) is 1.49. The SMILES string of the molecule is O=C1c2ccccc2OC=C2CC=CN12. The molecule has 0 bridgehead atoms. The van der Waals surface area contributed by atoms with Crippen molar-refractivity contribution in [1.29, 1.82) is 0 Å². The molecule has 2 heterocycles. The molecule has 1 aromatic carbocycles. The molecule has 2 aliphatic rings. The molecular weight excluding hydrogens is 190 g/mol. The van der Waals surface area contributed by atoms with Crippen molar-refractivity contribution in [3.05, 3.63) is 54.1 Å². The molecule has 0 atom stereocenters. The number of allylic oxidation sites excluding steroid dienone is 1. The first-order valence-electron chi connectivity index (χ1n) is 4.81. The van der Waals surface area contributed by atoms with Gasteiger partial charge in [0.25, 0.3) is 5.91 Å². The third kappa shape index (κ3) is 1.16. The number of amides is 1. The van der Waals surface area contributed by atoms with Crippen LogP contribution in [0, 0.1) is 0 Å². The molecule has 0 radical (unpaired) electrons. The predicted molar refractivity (Wildman–Crippen MR) is 55.1 cm³/mol. The van der Waals surface area contributed by atoms with Crippen molar-refractivity contribution in [2.45, 2.75) is 6.42 Å². The quantitative estimate of drug-likeness (QED) is 0.641. The Morgan fingerprint density at radius 2 is 2.13 bits per heavy atom. The van der Waals surface area contributed by atoms with Gasteiger partial charge in [0.2, 0.25) is 0 Å². The van der Waals surface area contributed by atoms with Crippen LogP contribution in [0.2, 0.25) is 0 Å². The second kappa shape index (κ2) is 2.98. The molecule has 0 unspecified atom stereocenters. The van der Waals surface area contributed by atoms with Crippen molar-refractivity contribution >= 4 is 5.91 Å². The lowest BCUT2D eigenvalue weighted by atomic mass is 10.2. The molecule has 15 heavy (non-hydrogen) atoms. The summed E-state index contributed by atoms with van der Waals surface area (Å²) in [5.74, 6) is 0.598. The van der Waals surface area contributed by atoms with Crippen LogP contribution in [-0.2, 0) is 0 Å². The van der Waals surface area contributed by atoms with Gasteiger partial charge in [0.15, 0.2) is 0 Å². The van der Waals surface area contributed by atoms with Gasteiger partial charge in [-0.2, -0.15) is 0 Å². The highest BCUT2D eigenvalue weighted by Crippen LogP contribution is 2.29. The first-order valence-corrected chi connectivity index (χ1v) is 4.81. The van der Waals surface area contributed by atoms with Gasteiger partial charge in [-0.3, -0.25) is 9.69 Å². The highest BCUT2D eigenvalue weighted by atomic mass is 16.5. The third-order valence-electron chi connectivity index (χ3n) is 2.55. The smallest absolute Gasteiger partial charge is 0.265 e. The number of hydrogen-bond donors (Lipinski definition) is 0. The van der Waals surface area contributed by atoms with E-state index in [4.69, 9.17) is 4.74 Å². The standard InChI is InChI=1S/C12H9NO2/c14-12-10-5-1-2-6-11(10)15-8-9-4-3-7-13(9)12/h1-3,5-8H,4H2. The van der Waals surface area contributed by atoms with Gasteiger partial charge in [0.05, 0.1) is 11.3 Å². The van der Waals surface area contributed by atoms with Gasteiger partial charge in [-0.15, -0.1) is 0 Å². The number of carbonyl (C=O) groups excluding carboxylic acids is 1. The van der Waals surface area contributed by atoms with E-state index in [1.54, 1.807) is 29.5 Å². The molecule has 1 amide bonds. The highest BCUT2D eigenvalue weighted by Gasteiger charge is 2.26. The highest BCUT2D eigenvalue weighted by molar-refractivity contribution is 5.99. The van der Waals surface area contributed by atoms with E-state index in [1.165, 1.54) is 0 Å². The van der Waals surface area contributed by atoms with Crippen LogP contribution in [0.4, 0.5) is 0 Å². The van der Waals surface area contributed by atoms with Gasteiger partial charge >= 0.3 is 0 Å². The van der Waals surface area contributed by atoms with Crippen LogP contribution in [0.15, 0.2) is 48.5 Å². The van der Waals surface area contributed by atoms with Crippen molar-refractivity contribution in [2.24, 2.45) is 0 Å². The zero-order valence-electron chi connectivity index (χ0n) is 8.01. The molecule has 0 aliphatic carbocycles. The first kappa shape index (κ1) is 8.29. The summed E-state index contributed by atoms with van der Waals surface area (Å²) in [7, 11) is 0. The fourth-order valence-electron chi connectivity index (χ4n) is 1.78. The normalized spacial score (nSPS) is 17.7. The van der Waals surface area contributed by atoms with E-state index in [0.29, 0.717) is 11.3 Å². The van der Waals surface area contributed by atoms with Crippen LogP contribution < -0.4 is 4.74 Å². The lowest BCUT2D eigenvalue weighted by molar-refractivity contribution is 0.0863. The van der Waals surface area contributed by atoms with Crippen LogP contribution in [0.25, 0.3) is 0 Å². The van der Waals surface area contributed by atoms with Gasteiger partial charge in [-0.25, -0.2) is 0 Å². The number of ether oxygens (including phenoxy) is 1. The molecule has 3 rings (SSSR count). The van der Waals surface area contributed by atoms with Crippen molar-refractivity contribution < 1.29 is 9.53 Å². The number of para-hydroxylation sites is 1. The van der Waals surface area contributed by atoms with E-state index in [-0.39, 0.29) is 5.91 Å². The Kier molecular flexibility index (Phi) is 1.65. The molecule has 1 aromatic rings. The molecule has 0 saturated heterocycles. The first-order chi connectivity index (χ1) is 7.36. The maximum absolute atomic E-state index is 12.1. The number of nitrogens with zero attached hydrogens (tertiary/aromatic N) is 1. The fraction of sp³-hybridized carbons (Fsp3) is 0.0833. The number of fused-ring (bicyclic) bond motifs is 2. The van der Waals surface area contributed by atoms with E-state index < -0.39 is 0 Å². The Balaban J connectivity index is 2.15. The van der Waals surface area contributed by atoms with Crippen LogP contribution >= 0.6 is 0 Å². The van der Waals surface area contributed by atoms with E-state index in [0.717, 1.165) is 12.1 Å². The van der Waals surface area contributed by atoms with Crippen LogP contribution in [0.1, 0.15) is 16.8 Å². The molecule has 2 aliphatic heterocycles. The average Bonchev–Trinajstić information content (AvgIpc) is 2.69. The minimum absolute atomic E-state index is 0.0249. The lowest BCUT2D eigenvalue weighted by Gasteiger charge is -2.12. The second-order valence-corrected chi connectivity index (χ2v) is 3.49. The van der Waals surface area contributed by atoms with E-state index in [9.17, 15) is 4.79 Å². The fourth-order valence-corrected chi connectivity index (χ4v) is 1.78. The van der Waals surface area contributed by atoms with Gasteiger partial charge in [-0.1, -0.05) is 18.2 Å². The predicted octanol–water partition coefficient (Wildman–Crippen LogP) is 2.28. The molecule has 0 saturated carbocycles. The zero-order chi connectivity index (χ0) is 10.3. The molecular formula is C12H9NO2. The average molecular weight is 199 g/mol. The largest absolute Gasteiger partial charge is 0.462 e. The van der Waals surface area contributed by atoms with Crippen molar-refractivity contribution in [2.75, 3.05) is 0 Å². The third-order valence-corrected chi connectivity index (χ3v) is 2.55. The number of benzene rings is 1. The van der Waals surface area contributed by atoms with Crippen LogP contribution in [0.5, 0.6) is 5.75 Å². The van der Waals surface area contributed by atoms with Gasteiger partial charge in [0, 0.05) is 12.6 Å². The Hall–Kier alpha value is -2.03. The summed E-state index contributed by atoms with van der Waals surface area (Å²) in [6.07, 6.45) is 6.13. The Bertz CT molecular complexity index is 488. The summed E-state index contributed by atoms with van der Waals surface area (Å²) >= 11 is 0. The van der Waals surface area contributed by atoms with Gasteiger partial charge in [0.1, 0.15) is 12.0 Å². The number of carbonyl (C=O) groups is 1. The minimum atomic E-state index is -0.0249. The topological polar surface area (TPSA) is 29.5 Å². The summed E-state index contributed by atoms with van der Waals surface area (Å²) in [5, 5.41) is 0. The Morgan fingerprint density at radius 1 is 1.27 bits per heavy atom. The van der Waals surface area contributed by atoms with Crippen LogP contribution in [-0.4, -0.2) is 10.8 Å². The second-order valence-electron chi connectivity index (χ2n) is 3.49. The van der Waals surface area contributed by atoms with E-state index in [2.05, 4.69) is 0 Å². The monoisotopic (exact) mass is 199 g/mol. The van der Waals surface area contributed by atoms with Crippen molar-refractivity contribution in [3.8, 4) is 5.75 Å². The van der Waals surface area contributed by atoms with Crippen LogP contribution in [0.3, 0.4) is 0 Å². The summed E-state index contributed by atoms with van der Waals surface area (Å²) in [6, 6.07) is 7.28. The summed E-state index contributed by atoms with van der Waals surface area (Å²) < 4.78 is 5.47. The van der Waals surface area contributed by atoms with Gasteiger partial charge in [-0.05, 0) is 12.1 Å². The molecule has 3 heteroatoms. The molecule has 3 nitrogen and oxygen atoms in total. The lowest BCUT2D eigenvalue weighted by Crippen LogP contribution is -2.20. The molecule has 0 spiro atoms. The maximum Gasteiger partial charge on any atom is 0.265 e. The minimum Gasteiger partial charge on any atom is -0.462 e.